The Labute approximate surface area is 158 Å². The number of amides is 1. The molecule has 4 aliphatic rings. The maximum absolute atomic E-state index is 12.5. The molecule has 6 rings (SSSR count). The van der Waals surface area contributed by atoms with Crippen LogP contribution in [-0.4, -0.2) is 65.7 Å². The summed E-state index contributed by atoms with van der Waals surface area (Å²) in [6.07, 6.45) is 3.25. The number of piperidine rings is 2. The summed E-state index contributed by atoms with van der Waals surface area (Å²) in [5.41, 5.74) is 5.68. The van der Waals surface area contributed by atoms with Crippen molar-refractivity contribution in [2.45, 2.75) is 5.41 Å². The number of nitrogens with one attached hydrogen (secondary N) is 1. The molecule has 6 heteroatoms. The van der Waals surface area contributed by atoms with E-state index in [-0.39, 0.29) is 11.3 Å². The number of hydrazone groups is 1. The molecule has 1 aromatic heterocycles. The maximum Gasteiger partial charge on any atom is 0.271 e. The molecule has 4 saturated heterocycles. The normalized spacial score (nSPS) is 33.0. The summed E-state index contributed by atoms with van der Waals surface area (Å²) in [6, 6.07) is 14.1. The second-order valence-electron chi connectivity index (χ2n) is 7.79. The van der Waals surface area contributed by atoms with Crippen molar-refractivity contribution in [3.63, 3.8) is 0 Å². The van der Waals surface area contributed by atoms with Gasteiger partial charge in [0.1, 0.15) is 0 Å². The maximum atomic E-state index is 12.5. The van der Waals surface area contributed by atoms with Gasteiger partial charge in [0.2, 0.25) is 0 Å². The van der Waals surface area contributed by atoms with E-state index in [1.54, 1.807) is 24.5 Å². The average molecular weight is 361 g/mol. The number of carbonyl (C=O) groups excluding carboxylic acids is 1. The van der Waals surface area contributed by atoms with Crippen molar-refractivity contribution in [3.8, 4) is 0 Å². The highest BCUT2D eigenvalue weighted by molar-refractivity contribution is 6.01. The molecule has 0 spiro atoms. The smallest absolute Gasteiger partial charge is 0.271 e. The molecule has 0 aliphatic carbocycles. The Morgan fingerprint density at radius 2 is 1.70 bits per heavy atom. The molecule has 1 amide bonds. The minimum Gasteiger partial charge on any atom is -0.300 e. The summed E-state index contributed by atoms with van der Waals surface area (Å²) in [4.78, 5) is 21.6. The second-order valence-corrected chi connectivity index (χ2v) is 7.79. The zero-order valence-electron chi connectivity index (χ0n) is 15.2. The number of pyridine rings is 1. The Bertz CT molecular complexity index is 851. The van der Waals surface area contributed by atoms with Crippen LogP contribution >= 0.6 is 0 Å². The molecule has 4 bridgehead atoms. The first-order valence-electron chi connectivity index (χ1n) is 9.53. The van der Waals surface area contributed by atoms with Gasteiger partial charge >= 0.3 is 0 Å². The number of fused-ring (bicyclic) bond motifs is 1. The van der Waals surface area contributed by atoms with Crippen LogP contribution in [0.3, 0.4) is 0 Å². The van der Waals surface area contributed by atoms with Crippen molar-refractivity contribution >= 4 is 11.6 Å². The number of aromatic nitrogens is 1. The summed E-state index contributed by atoms with van der Waals surface area (Å²) in [7, 11) is 0. The van der Waals surface area contributed by atoms with Gasteiger partial charge in [-0.15, -0.1) is 0 Å². The van der Waals surface area contributed by atoms with Crippen LogP contribution in [0.2, 0.25) is 0 Å². The van der Waals surface area contributed by atoms with Gasteiger partial charge < -0.3 is 9.80 Å². The van der Waals surface area contributed by atoms with Crippen LogP contribution in [0, 0.1) is 5.92 Å². The molecule has 2 atom stereocenters. The van der Waals surface area contributed by atoms with Gasteiger partial charge in [0.25, 0.3) is 5.91 Å². The molecule has 5 heterocycles. The summed E-state index contributed by atoms with van der Waals surface area (Å²) < 4.78 is 0. The van der Waals surface area contributed by atoms with Crippen molar-refractivity contribution in [1.82, 2.24) is 20.2 Å². The van der Waals surface area contributed by atoms with Crippen LogP contribution in [-0.2, 0) is 5.41 Å². The predicted molar refractivity (Wildman–Crippen MR) is 104 cm³/mol. The molecule has 0 radical (unpaired) electrons. The topological polar surface area (TPSA) is 60.8 Å². The number of benzene rings is 1. The van der Waals surface area contributed by atoms with Gasteiger partial charge in [0.15, 0.2) is 0 Å². The molecule has 2 aromatic rings. The van der Waals surface area contributed by atoms with Crippen molar-refractivity contribution in [2.75, 3.05) is 39.3 Å². The molecule has 2 unspecified atom stereocenters. The Morgan fingerprint density at radius 3 is 2.37 bits per heavy atom. The van der Waals surface area contributed by atoms with E-state index in [9.17, 15) is 4.79 Å². The molecule has 4 fully saturated rings. The molecule has 1 aromatic carbocycles. The van der Waals surface area contributed by atoms with E-state index in [0.29, 0.717) is 11.5 Å². The van der Waals surface area contributed by atoms with Gasteiger partial charge in [0.05, 0.1) is 11.1 Å². The van der Waals surface area contributed by atoms with E-state index in [1.807, 2.05) is 0 Å². The number of rotatable bonds is 3. The molecule has 4 aliphatic heterocycles. The molecule has 138 valence electrons. The minimum atomic E-state index is -0.180. The van der Waals surface area contributed by atoms with E-state index in [2.05, 4.69) is 50.5 Å². The van der Waals surface area contributed by atoms with E-state index < -0.39 is 0 Å². The Balaban J connectivity index is 1.52. The fourth-order valence-electron chi connectivity index (χ4n) is 4.94. The van der Waals surface area contributed by atoms with E-state index in [4.69, 9.17) is 5.10 Å². The molecule has 0 saturated carbocycles. The largest absolute Gasteiger partial charge is 0.300 e. The van der Waals surface area contributed by atoms with Crippen LogP contribution in [0.25, 0.3) is 0 Å². The number of nitrogens with zero attached hydrogens (tertiary/aromatic N) is 4. The summed E-state index contributed by atoms with van der Waals surface area (Å²) in [6.45, 7) is 6.20. The third kappa shape index (κ3) is 2.85. The zero-order chi connectivity index (χ0) is 18.3. The highest BCUT2D eigenvalue weighted by Crippen LogP contribution is 2.40. The third-order valence-corrected chi connectivity index (χ3v) is 6.10. The van der Waals surface area contributed by atoms with Gasteiger partial charge in [0, 0.05) is 63.1 Å². The van der Waals surface area contributed by atoms with Gasteiger partial charge in [-0.2, -0.15) is 5.10 Å². The number of hydrogen-bond acceptors (Lipinski definition) is 5. The first-order valence-corrected chi connectivity index (χ1v) is 9.53. The van der Waals surface area contributed by atoms with E-state index >= 15 is 0 Å². The lowest BCUT2D eigenvalue weighted by Crippen LogP contribution is -2.64. The lowest BCUT2D eigenvalue weighted by molar-refractivity contribution is 0.0951. The first kappa shape index (κ1) is 16.6. The summed E-state index contributed by atoms with van der Waals surface area (Å²) in [5.74, 6) is 0.174. The zero-order valence-corrected chi connectivity index (χ0v) is 15.2. The summed E-state index contributed by atoms with van der Waals surface area (Å²) >= 11 is 0. The van der Waals surface area contributed by atoms with Gasteiger partial charge in [-0.1, -0.05) is 30.3 Å². The van der Waals surface area contributed by atoms with Crippen molar-refractivity contribution in [2.24, 2.45) is 11.0 Å². The van der Waals surface area contributed by atoms with Crippen LogP contribution in [0.5, 0.6) is 0 Å². The third-order valence-electron chi connectivity index (χ3n) is 6.10. The van der Waals surface area contributed by atoms with Crippen LogP contribution < -0.4 is 5.43 Å². The number of carbonyl (C=O) groups is 1. The lowest BCUT2D eigenvalue weighted by atomic mass is 9.66. The molecule has 27 heavy (non-hydrogen) atoms. The van der Waals surface area contributed by atoms with Crippen LogP contribution in [0.4, 0.5) is 0 Å². The lowest BCUT2D eigenvalue weighted by Gasteiger charge is -2.50. The van der Waals surface area contributed by atoms with E-state index in [1.165, 1.54) is 5.56 Å². The number of hydrogen-bond donors (Lipinski definition) is 1. The Morgan fingerprint density at radius 1 is 1.04 bits per heavy atom. The highest BCUT2D eigenvalue weighted by Gasteiger charge is 2.53. The van der Waals surface area contributed by atoms with Crippen molar-refractivity contribution < 1.29 is 4.79 Å². The van der Waals surface area contributed by atoms with Crippen molar-refractivity contribution in [3.05, 3.63) is 66.0 Å². The average Bonchev–Trinajstić information content (AvgIpc) is 2.96. The van der Waals surface area contributed by atoms with E-state index in [0.717, 1.165) is 45.0 Å². The fourth-order valence-corrected chi connectivity index (χ4v) is 4.94. The fraction of sp³-hybridized carbons (Fsp3) is 0.381. The second kappa shape index (κ2) is 6.55. The summed E-state index contributed by atoms with van der Waals surface area (Å²) in [5, 5.41) is 4.73. The Kier molecular flexibility index (Phi) is 4.02. The van der Waals surface area contributed by atoms with Crippen LogP contribution in [0.1, 0.15) is 15.9 Å². The Hall–Kier alpha value is -2.57. The van der Waals surface area contributed by atoms with Gasteiger partial charge in [-0.05, 0) is 17.7 Å². The standard InChI is InChI=1S/C21H23N5O/c27-20(16-6-8-22-9-7-16)24-23-19-17-12-25-10-11-26(13-17)15-21(19,14-25)18-4-2-1-3-5-18/h1-9,17H,10-15H2,(H,24,27)/b23-19-. The molecule has 6 nitrogen and oxygen atoms in total. The quantitative estimate of drug-likeness (QED) is 0.839. The van der Waals surface area contributed by atoms with Crippen LogP contribution in [0.15, 0.2) is 60.0 Å². The molecular formula is C21H23N5O. The monoisotopic (exact) mass is 361 g/mol. The molecular weight excluding hydrogens is 338 g/mol. The first-order chi connectivity index (χ1) is 13.2. The minimum absolute atomic E-state index is 0.148. The molecule has 1 N–H and O–H groups in total. The predicted octanol–water partition coefficient (Wildman–Crippen LogP) is 1.37. The SMILES string of the molecule is O=C(N/N=C1/C2CN3CCN(C2)CC1(c1ccccc1)C3)c1ccncc1. The highest BCUT2D eigenvalue weighted by atomic mass is 16.2. The van der Waals surface area contributed by atoms with Gasteiger partial charge in [-0.3, -0.25) is 9.78 Å². The van der Waals surface area contributed by atoms with Crippen molar-refractivity contribution in [1.29, 1.82) is 0 Å². The van der Waals surface area contributed by atoms with Gasteiger partial charge in [-0.25, -0.2) is 5.43 Å².